The Hall–Kier alpha value is -1.85. The highest BCUT2D eigenvalue weighted by molar-refractivity contribution is 6.03. The molecule has 1 atom stereocenters. The van der Waals surface area contributed by atoms with Crippen molar-refractivity contribution in [2.75, 3.05) is 7.05 Å². The van der Waals surface area contributed by atoms with Crippen molar-refractivity contribution < 1.29 is 4.79 Å². The van der Waals surface area contributed by atoms with Crippen LogP contribution < -0.4 is 5.73 Å². The Balaban J connectivity index is 2.44. The maximum atomic E-state index is 11.4. The minimum atomic E-state index is -0.298. The largest absolute Gasteiger partial charge is 0.385 e. The third kappa shape index (κ3) is 1.46. The van der Waals surface area contributed by atoms with Gasteiger partial charge in [-0.1, -0.05) is 6.92 Å². The van der Waals surface area contributed by atoms with Crippen LogP contribution in [0.25, 0.3) is 0 Å². The fourth-order valence-electron chi connectivity index (χ4n) is 1.98. The lowest BCUT2D eigenvalue weighted by Gasteiger charge is -2.18. The summed E-state index contributed by atoms with van der Waals surface area (Å²) in [7, 11) is 3.55. The second-order valence-electron chi connectivity index (χ2n) is 3.89. The maximum absolute atomic E-state index is 11.4. The summed E-state index contributed by atoms with van der Waals surface area (Å²) in [6.45, 7) is 2.02. The summed E-state index contributed by atoms with van der Waals surface area (Å²) < 4.78 is 1.73. The lowest BCUT2D eigenvalue weighted by Crippen LogP contribution is -2.30. The highest BCUT2D eigenvalue weighted by atomic mass is 16.2. The Kier molecular flexibility index (Phi) is 2.41. The van der Waals surface area contributed by atoms with Crippen LogP contribution in [0.3, 0.4) is 0 Å². The molecule has 0 radical (unpaired) electrons. The van der Waals surface area contributed by atoms with Gasteiger partial charge in [0.25, 0.3) is 0 Å². The third-order valence-electron chi connectivity index (χ3n) is 2.76. The first-order valence-corrected chi connectivity index (χ1v) is 5.17. The molecule has 0 saturated carbocycles. The number of carbonyl (C=O) groups excluding carboxylic acids is 1. The fourth-order valence-corrected chi connectivity index (χ4v) is 1.98. The summed E-state index contributed by atoms with van der Waals surface area (Å²) in [6.07, 6.45) is 2.70. The van der Waals surface area contributed by atoms with Crippen molar-refractivity contribution in [3.8, 4) is 0 Å². The molecule has 6 nitrogen and oxygen atoms in total. The minimum Gasteiger partial charge on any atom is -0.385 e. The Morgan fingerprint density at radius 2 is 2.19 bits per heavy atom. The van der Waals surface area contributed by atoms with Gasteiger partial charge in [0, 0.05) is 25.9 Å². The molecule has 1 aromatic rings. The van der Waals surface area contributed by atoms with Crippen LogP contribution in [0.1, 0.15) is 24.2 Å². The number of hydrogen-bond donors (Lipinski definition) is 1. The van der Waals surface area contributed by atoms with E-state index in [1.54, 1.807) is 11.7 Å². The molecule has 2 N–H and O–H groups in total. The van der Waals surface area contributed by atoms with Gasteiger partial charge in [-0.2, -0.15) is 10.1 Å². The molecule has 2 rings (SSSR count). The van der Waals surface area contributed by atoms with Crippen molar-refractivity contribution in [2.45, 2.75) is 19.4 Å². The van der Waals surface area contributed by atoms with Gasteiger partial charge in [-0.05, 0) is 6.42 Å². The van der Waals surface area contributed by atoms with Crippen LogP contribution in [0.4, 0.5) is 4.79 Å². The van der Waals surface area contributed by atoms with E-state index in [4.69, 9.17) is 5.73 Å². The highest BCUT2D eigenvalue weighted by Crippen LogP contribution is 2.27. The Labute approximate surface area is 93.7 Å². The molecule has 1 aliphatic rings. The van der Waals surface area contributed by atoms with Crippen molar-refractivity contribution >= 4 is 11.9 Å². The van der Waals surface area contributed by atoms with Crippen LogP contribution >= 0.6 is 0 Å². The second-order valence-corrected chi connectivity index (χ2v) is 3.89. The lowest BCUT2D eigenvalue weighted by molar-refractivity contribution is 0.218. The van der Waals surface area contributed by atoms with Crippen molar-refractivity contribution in [1.82, 2.24) is 14.7 Å². The lowest BCUT2D eigenvalue weighted by atomic mass is 10.1. The quantitative estimate of drug-likeness (QED) is 0.787. The SMILES string of the molecule is CCc1nn(C)cc1C1C(N)=NC(=O)N1C. The molecule has 16 heavy (non-hydrogen) atoms. The zero-order valence-corrected chi connectivity index (χ0v) is 9.64. The van der Waals surface area contributed by atoms with Crippen LogP contribution in [0.15, 0.2) is 11.2 Å². The molecule has 2 heterocycles. The number of amidine groups is 1. The molecule has 1 aromatic heterocycles. The number of amides is 2. The molecule has 2 amide bonds. The highest BCUT2D eigenvalue weighted by Gasteiger charge is 2.33. The number of urea groups is 1. The first-order valence-electron chi connectivity index (χ1n) is 5.17. The van der Waals surface area contributed by atoms with E-state index in [0.29, 0.717) is 5.84 Å². The Morgan fingerprint density at radius 1 is 1.50 bits per heavy atom. The van der Waals surface area contributed by atoms with Crippen LogP contribution in [-0.4, -0.2) is 33.6 Å². The molecule has 0 aliphatic carbocycles. The van der Waals surface area contributed by atoms with Crippen molar-refractivity contribution in [2.24, 2.45) is 17.8 Å². The van der Waals surface area contributed by atoms with Crippen LogP contribution in [0.2, 0.25) is 0 Å². The van der Waals surface area contributed by atoms with Crippen molar-refractivity contribution in [1.29, 1.82) is 0 Å². The number of aryl methyl sites for hydroxylation is 2. The predicted molar refractivity (Wildman–Crippen MR) is 60.1 cm³/mol. The number of rotatable bonds is 2. The molecule has 86 valence electrons. The molecule has 1 aliphatic heterocycles. The van der Waals surface area contributed by atoms with E-state index in [9.17, 15) is 4.79 Å². The van der Waals surface area contributed by atoms with E-state index in [1.807, 2.05) is 20.2 Å². The van der Waals surface area contributed by atoms with Gasteiger partial charge in [0.1, 0.15) is 11.9 Å². The Bertz CT molecular complexity index is 462. The average molecular weight is 221 g/mol. The summed E-state index contributed by atoms with van der Waals surface area (Å²) in [5, 5.41) is 4.34. The molecule has 0 spiro atoms. The zero-order chi connectivity index (χ0) is 11.9. The first-order chi connectivity index (χ1) is 7.54. The number of aromatic nitrogens is 2. The van der Waals surface area contributed by atoms with Gasteiger partial charge in [0.15, 0.2) is 0 Å². The van der Waals surface area contributed by atoms with E-state index in [0.717, 1.165) is 17.7 Å². The molecule has 0 fully saturated rings. The normalized spacial score (nSPS) is 20.4. The second kappa shape index (κ2) is 3.62. The van der Waals surface area contributed by atoms with Crippen LogP contribution in [0.5, 0.6) is 0 Å². The molecule has 0 bridgehead atoms. The molecule has 1 unspecified atom stereocenters. The first kappa shape index (κ1) is 10.7. The van der Waals surface area contributed by atoms with E-state index in [-0.39, 0.29) is 12.1 Å². The topological polar surface area (TPSA) is 76.5 Å². The van der Waals surface area contributed by atoms with Gasteiger partial charge >= 0.3 is 6.03 Å². The van der Waals surface area contributed by atoms with Gasteiger partial charge in [-0.15, -0.1) is 0 Å². The van der Waals surface area contributed by atoms with Crippen molar-refractivity contribution in [3.63, 3.8) is 0 Å². The standard InChI is InChI=1S/C10H15N5O/c1-4-7-6(5-14(2)13-7)8-9(11)12-10(16)15(8)3/h5,8H,4H2,1-3H3,(H2,11,12,16). The Morgan fingerprint density at radius 3 is 2.69 bits per heavy atom. The van der Waals surface area contributed by atoms with E-state index in [1.165, 1.54) is 4.90 Å². The number of nitrogens with two attached hydrogens (primary N) is 1. The predicted octanol–water partition coefficient (Wildman–Crippen LogP) is 0.446. The van der Waals surface area contributed by atoms with E-state index in [2.05, 4.69) is 10.1 Å². The summed E-state index contributed by atoms with van der Waals surface area (Å²) >= 11 is 0. The van der Waals surface area contributed by atoms with Gasteiger partial charge in [-0.3, -0.25) is 4.68 Å². The number of nitrogens with zero attached hydrogens (tertiary/aromatic N) is 4. The summed E-state index contributed by atoms with van der Waals surface area (Å²) in [6, 6.07) is -0.565. The average Bonchev–Trinajstić information content (AvgIpc) is 2.69. The maximum Gasteiger partial charge on any atom is 0.345 e. The summed E-state index contributed by atoms with van der Waals surface area (Å²) in [5.41, 5.74) is 7.68. The molecular weight excluding hydrogens is 206 g/mol. The van der Waals surface area contributed by atoms with E-state index < -0.39 is 0 Å². The monoisotopic (exact) mass is 221 g/mol. The molecule has 0 saturated heterocycles. The molecule has 0 aromatic carbocycles. The van der Waals surface area contributed by atoms with Crippen LogP contribution in [0, 0.1) is 0 Å². The van der Waals surface area contributed by atoms with Gasteiger partial charge in [0.05, 0.1) is 5.69 Å². The zero-order valence-electron chi connectivity index (χ0n) is 9.64. The molecule has 6 heteroatoms. The third-order valence-corrected chi connectivity index (χ3v) is 2.76. The number of hydrogen-bond acceptors (Lipinski definition) is 3. The fraction of sp³-hybridized carbons (Fsp3) is 0.500. The van der Waals surface area contributed by atoms with Gasteiger partial charge in [-0.25, -0.2) is 4.79 Å². The van der Waals surface area contributed by atoms with Gasteiger partial charge in [0.2, 0.25) is 0 Å². The number of likely N-dealkylation sites (N-methyl/N-ethyl adjacent to an activating group) is 1. The smallest absolute Gasteiger partial charge is 0.345 e. The van der Waals surface area contributed by atoms with Crippen molar-refractivity contribution in [3.05, 3.63) is 17.5 Å². The van der Waals surface area contributed by atoms with Crippen LogP contribution in [-0.2, 0) is 13.5 Å². The van der Waals surface area contributed by atoms with E-state index >= 15 is 0 Å². The van der Waals surface area contributed by atoms with Gasteiger partial charge < -0.3 is 10.6 Å². The minimum absolute atomic E-state index is 0.267. The summed E-state index contributed by atoms with van der Waals surface area (Å²) in [4.78, 5) is 16.7. The number of carbonyl (C=O) groups is 1. The summed E-state index contributed by atoms with van der Waals surface area (Å²) in [5.74, 6) is 0.343. The number of aliphatic imine (C=N–C) groups is 1. The molecular formula is C10H15N5O.